The van der Waals surface area contributed by atoms with Crippen LogP contribution in [0.1, 0.15) is 27.7 Å². The van der Waals surface area contributed by atoms with Crippen molar-refractivity contribution in [1.29, 1.82) is 0 Å². The highest BCUT2D eigenvalue weighted by atomic mass is 16.5. The Morgan fingerprint density at radius 2 is 1.83 bits per heavy atom. The van der Waals surface area contributed by atoms with Gasteiger partial charge >= 0.3 is 0 Å². The van der Waals surface area contributed by atoms with Crippen LogP contribution in [0.3, 0.4) is 0 Å². The Balaban J connectivity index is 1.72. The molecule has 0 radical (unpaired) electrons. The van der Waals surface area contributed by atoms with Gasteiger partial charge in [0.1, 0.15) is 5.69 Å². The van der Waals surface area contributed by atoms with Gasteiger partial charge in [-0.05, 0) is 30.2 Å². The normalized spacial score (nSPS) is 12.1. The summed E-state index contributed by atoms with van der Waals surface area (Å²) in [5.74, 6) is -0.260. The number of ether oxygens (including phenoxy) is 1. The molecule has 3 rings (SSSR count). The summed E-state index contributed by atoms with van der Waals surface area (Å²) in [6, 6.07) is 15.4. The lowest BCUT2D eigenvalue weighted by Crippen LogP contribution is -2.30. The molecule has 122 valence electrons. The fourth-order valence-corrected chi connectivity index (χ4v) is 2.61. The van der Waals surface area contributed by atoms with Gasteiger partial charge in [0.2, 0.25) is 0 Å². The number of aromatic nitrogens is 2. The third kappa shape index (κ3) is 3.41. The number of rotatable bonds is 5. The second-order valence-electron chi connectivity index (χ2n) is 5.53. The minimum absolute atomic E-state index is 0.205. The molecule has 3 aromatic rings. The molecule has 1 unspecified atom stereocenters. The van der Waals surface area contributed by atoms with E-state index >= 15 is 0 Å². The Hall–Kier alpha value is -2.79. The molecule has 1 heterocycles. The molecule has 24 heavy (non-hydrogen) atoms. The summed E-state index contributed by atoms with van der Waals surface area (Å²) in [6.45, 7) is 2.40. The highest BCUT2D eigenvalue weighted by molar-refractivity contribution is 5.93. The molecular weight excluding hydrogens is 302 g/mol. The molecule has 1 aromatic heterocycles. The Morgan fingerprint density at radius 1 is 1.12 bits per heavy atom. The van der Waals surface area contributed by atoms with Crippen LogP contribution < -0.4 is 5.32 Å². The molecule has 0 spiro atoms. The summed E-state index contributed by atoms with van der Waals surface area (Å²) in [6.07, 6.45) is 1.29. The van der Waals surface area contributed by atoms with E-state index in [1.54, 1.807) is 7.11 Å². The number of para-hydroxylation sites is 2. The molecule has 1 N–H and O–H groups in total. The predicted octanol–water partition coefficient (Wildman–Crippen LogP) is 3.06. The van der Waals surface area contributed by atoms with Gasteiger partial charge < -0.3 is 10.1 Å². The summed E-state index contributed by atoms with van der Waals surface area (Å²) in [7, 11) is 1.64. The van der Waals surface area contributed by atoms with Crippen molar-refractivity contribution < 1.29 is 9.53 Å². The first-order valence-corrected chi connectivity index (χ1v) is 7.77. The Labute approximate surface area is 140 Å². The zero-order chi connectivity index (χ0) is 16.9. The number of nitrogens with one attached hydrogen (secondary N) is 1. The molecule has 0 bridgehead atoms. The first-order valence-electron chi connectivity index (χ1n) is 7.77. The van der Waals surface area contributed by atoms with Crippen molar-refractivity contribution in [3.8, 4) is 0 Å². The fourth-order valence-electron chi connectivity index (χ4n) is 2.61. The highest BCUT2D eigenvalue weighted by Gasteiger charge is 2.15. The van der Waals surface area contributed by atoms with Crippen molar-refractivity contribution in [3.05, 3.63) is 71.5 Å². The van der Waals surface area contributed by atoms with Crippen LogP contribution in [0.25, 0.3) is 11.0 Å². The van der Waals surface area contributed by atoms with Gasteiger partial charge in [-0.25, -0.2) is 4.98 Å². The van der Waals surface area contributed by atoms with Crippen LogP contribution in [0.4, 0.5) is 0 Å². The summed E-state index contributed by atoms with van der Waals surface area (Å²) in [4.78, 5) is 21.0. The van der Waals surface area contributed by atoms with Crippen LogP contribution in [0.15, 0.2) is 54.7 Å². The number of aryl methyl sites for hydroxylation is 1. The van der Waals surface area contributed by atoms with Gasteiger partial charge in [-0.3, -0.25) is 9.78 Å². The van der Waals surface area contributed by atoms with E-state index in [1.165, 1.54) is 6.20 Å². The quantitative estimate of drug-likeness (QED) is 0.784. The maximum absolute atomic E-state index is 12.4. The van der Waals surface area contributed by atoms with E-state index < -0.39 is 0 Å². The minimum Gasteiger partial charge on any atom is -0.375 e. The van der Waals surface area contributed by atoms with Gasteiger partial charge in [0.25, 0.3) is 5.91 Å². The largest absolute Gasteiger partial charge is 0.375 e. The van der Waals surface area contributed by atoms with Crippen molar-refractivity contribution >= 4 is 16.9 Å². The van der Waals surface area contributed by atoms with Crippen LogP contribution >= 0.6 is 0 Å². The monoisotopic (exact) mass is 321 g/mol. The van der Waals surface area contributed by atoms with Crippen molar-refractivity contribution in [2.24, 2.45) is 0 Å². The number of fused-ring (bicyclic) bond motifs is 1. The smallest absolute Gasteiger partial charge is 0.271 e. The second kappa shape index (κ2) is 7.19. The Bertz CT molecular complexity index is 864. The van der Waals surface area contributed by atoms with Crippen LogP contribution in [0, 0.1) is 6.92 Å². The average Bonchev–Trinajstić information content (AvgIpc) is 2.63. The average molecular weight is 321 g/mol. The highest BCUT2D eigenvalue weighted by Crippen LogP contribution is 2.19. The summed E-state index contributed by atoms with van der Waals surface area (Å²) < 4.78 is 5.52. The number of hydrogen-bond donors (Lipinski definition) is 1. The summed E-state index contributed by atoms with van der Waals surface area (Å²) in [5, 5.41) is 2.87. The minimum atomic E-state index is -0.260. The van der Waals surface area contributed by atoms with Gasteiger partial charge in [-0.2, -0.15) is 0 Å². The molecule has 0 saturated heterocycles. The van der Waals surface area contributed by atoms with Gasteiger partial charge in [0.15, 0.2) is 0 Å². The van der Waals surface area contributed by atoms with Gasteiger partial charge in [-0.15, -0.1) is 0 Å². The number of hydrogen-bond acceptors (Lipinski definition) is 4. The van der Waals surface area contributed by atoms with Gasteiger partial charge in [-0.1, -0.05) is 36.4 Å². The first-order chi connectivity index (χ1) is 11.7. The number of benzene rings is 2. The molecule has 2 aromatic carbocycles. The van der Waals surface area contributed by atoms with Crippen molar-refractivity contribution in [2.75, 3.05) is 13.7 Å². The molecule has 0 aliphatic heterocycles. The lowest BCUT2D eigenvalue weighted by atomic mass is 10.0. The van der Waals surface area contributed by atoms with E-state index in [0.29, 0.717) is 17.8 Å². The maximum atomic E-state index is 12.4. The molecule has 0 saturated carbocycles. The van der Waals surface area contributed by atoms with E-state index in [9.17, 15) is 4.79 Å². The third-order valence-corrected chi connectivity index (χ3v) is 3.95. The van der Waals surface area contributed by atoms with Gasteiger partial charge in [0, 0.05) is 13.7 Å². The van der Waals surface area contributed by atoms with Crippen LogP contribution in [-0.4, -0.2) is 29.5 Å². The number of carbonyl (C=O) groups is 1. The topological polar surface area (TPSA) is 64.1 Å². The third-order valence-electron chi connectivity index (χ3n) is 3.95. The molecule has 0 fully saturated rings. The Morgan fingerprint density at radius 3 is 2.58 bits per heavy atom. The summed E-state index contributed by atoms with van der Waals surface area (Å²) >= 11 is 0. The molecule has 1 atom stereocenters. The van der Waals surface area contributed by atoms with Crippen LogP contribution in [0.5, 0.6) is 0 Å². The Kier molecular flexibility index (Phi) is 4.82. The lowest BCUT2D eigenvalue weighted by Gasteiger charge is -2.18. The number of methoxy groups -OCH3 is 1. The summed E-state index contributed by atoms with van der Waals surface area (Å²) in [5.41, 5.74) is 3.96. The van der Waals surface area contributed by atoms with Crippen molar-refractivity contribution in [3.63, 3.8) is 0 Å². The van der Waals surface area contributed by atoms with E-state index in [-0.39, 0.29) is 12.0 Å². The van der Waals surface area contributed by atoms with Crippen molar-refractivity contribution in [2.45, 2.75) is 13.0 Å². The number of carbonyl (C=O) groups excluding carboxylic acids is 1. The van der Waals surface area contributed by atoms with Crippen LogP contribution in [0.2, 0.25) is 0 Å². The second-order valence-corrected chi connectivity index (χ2v) is 5.53. The number of nitrogens with zero attached hydrogens (tertiary/aromatic N) is 2. The van der Waals surface area contributed by atoms with E-state index in [2.05, 4.69) is 15.3 Å². The fraction of sp³-hybridized carbons (Fsp3) is 0.211. The zero-order valence-corrected chi connectivity index (χ0v) is 13.7. The molecule has 0 aliphatic carbocycles. The molecule has 1 amide bonds. The van der Waals surface area contributed by atoms with E-state index in [1.807, 2.05) is 55.5 Å². The standard InChI is InChI=1S/C19H19N3O2/c1-13-7-3-4-8-14(13)18(24-2)12-21-19(23)17-11-20-15-9-5-6-10-16(15)22-17/h3-11,18H,12H2,1-2H3,(H,21,23). The van der Waals surface area contributed by atoms with Gasteiger partial charge in [0.05, 0.1) is 23.3 Å². The zero-order valence-electron chi connectivity index (χ0n) is 13.7. The molecule has 5 heteroatoms. The maximum Gasteiger partial charge on any atom is 0.271 e. The molecule has 0 aliphatic rings. The van der Waals surface area contributed by atoms with Crippen molar-refractivity contribution in [1.82, 2.24) is 15.3 Å². The van der Waals surface area contributed by atoms with E-state index in [0.717, 1.165) is 16.6 Å². The number of amides is 1. The first kappa shape index (κ1) is 16.1. The molecular formula is C19H19N3O2. The van der Waals surface area contributed by atoms with E-state index in [4.69, 9.17) is 4.74 Å². The molecule has 5 nitrogen and oxygen atoms in total. The predicted molar refractivity (Wildman–Crippen MR) is 92.8 cm³/mol. The van der Waals surface area contributed by atoms with Crippen LogP contribution in [-0.2, 0) is 4.74 Å². The lowest BCUT2D eigenvalue weighted by molar-refractivity contribution is 0.0822. The SMILES string of the molecule is COC(CNC(=O)c1cnc2ccccc2n1)c1ccccc1C.